The maximum Gasteiger partial charge on any atom is 0.223 e. The van der Waals surface area contributed by atoms with E-state index in [1.807, 2.05) is 4.90 Å². The summed E-state index contributed by atoms with van der Waals surface area (Å²) in [6, 6.07) is 8.76. The molecule has 0 atom stereocenters. The highest BCUT2D eigenvalue weighted by Crippen LogP contribution is 2.30. The minimum absolute atomic E-state index is 0.0945. The van der Waals surface area contributed by atoms with E-state index in [2.05, 4.69) is 51.6 Å². The molecule has 1 N–H and O–H groups in total. The van der Waals surface area contributed by atoms with Crippen LogP contribution < -0.4 is 0 Å². The second-order valence-electron chi connectivity index (χ2n) is 8.00. The highest BCUT2D eigenvalue weighted by Gasteiger charge is 2.25. The molecule has 1 aromatic rings. The smallest absolute Gasteiger partial charge is 0.223 e. The van der Waals surface area contributed by atoms with Gasteiger partial charge in [0.15, 0.2) is 0 Å². The predicted molar refractivity (Wildman–Crippen MR) is 99.2 cm³/mol. The minimum atomic E-state index is 0.0945. The summed E-state index contributed by atoms with van der Waals surface area (Å²) in [6.07, 6.45) is 3.96. The second kappa shape index (κ2) is 7.87. The van der Waals surface area contributed by atoms with E-state index in [-0.39, 0.29) is 17.1 Å². The van der Waals surface area contributed by atoms with Crippen LogP contribution in [0.4, 0.5) is 0 Å². The summed E-state index contributed by atoms with van der Waals surface area (Å²) in [5.41, 5.74) is 3.05. The molecule has 1 aromatic carbocycles. The summed E-state index contributed by atoms with van der Waals surface area (Å²) in [6.45, 7) is 11.9. The van der Waals surface area contributed by atoms with Gasteiger partial charge in [0.05, 0.1) is 5.76 Å². The van der Waals surface area contributed by atoms with Gasteiger partial charge in [-0.05, 0) is 41.7 Å². The molecule has 0 spiro atoms. The van der Waals surface area contributed by atoms with Crippen molar-refractivity contribution < 1.29 is 9.90 Å². The summed E-state index contributed by atoms with van der Waals surface area (Å²) >= 11 is 0. The first kappa shape index (κ1) is 18.6. The standard InChI is InChI=1S/C21H31NO2/c1-16(23)9-10-20(24)22-13-11-17(12-14-22)15-18-7-5-6-8-19(18)21(2,3)4/h5-8,17,23H,1,9-15H2,2-4H3. The van der Waals surface area contributed by atoms with Gasteiger partial charge in [-0.3, -0.25) is 4.79 Å². The van der Waals surface area contributed by atoms with Crippen molar-refractivity contribution in [3.8, 4) is 0 Å². The lowest BCUT2D eigenvalue weighted by Crippen LogP contribution is -2.39. The van der Waals surface area contributed by atoms with Gasteiger partial charge in [-0.2, -0.15) is 0 Å². The van der Waals surface area contributed by atoms with Crippen LogP contribution in [0.5, 0.6) is 0 Å². The summed E-state index contributed by atoms with van der Waals surface area (Å²) in [7, 11) is 0. The van der Waals surface area contributed by atoms with Crippen LogP contribution >= 0.6 is 0 Å². The second-order valence-corrected chi connectivity index (χ2v) is 8.00. The highest BCUT2D eigenvalue weighted by atomic mass is 16.3. The van der Waals surface area contributed by atoms with E-state index >= 15 is 0 Å². The van der Waals surface area contributed by atoms with E-state index in [4.69, 9.17) is 5.11 Å². The molecule has 1 aliphatic rings. The fraction of sp³-hybridized carbons (Fsp3) is 0.571. The monoisotopic (exact) mass is 329 g/mol. The van der Waals surface area contributed by atoms with Crippen LogP contribution in [0.2, 0.25) is 0 Å². The van der Waals surface area contributed by atoms with E-state index in [1.54, 1.807) is 0 Å². The lowest BCUT2D eigenvalue weighted by molar-refractivity contribution is -0.132. The fourth-order valence-electron chi connectivity index (χ4n) is 3.54. The molecule has 0 aromatic heterocycles. The van der Waals surface area contributed by atoms with Crippen LogP contribution in [0.15, 0.2) is 36.6 Å². The Kier molecular flexibility index (Phi) is 6.09. The molecule has 0 bridgehead atoms. The molecule has 1 saturated heterocycles. The molecule has 24 heavy (non-hydrogen) atoms. The van der Waals surface area contributed by atoms with Crippen LogP contribution in [0.25, 0.3) is 0 Å². The van der Waals surface area contributed by atoms with Crippen LogP contribution in [0, 0.1) is 5.92 Å². The van der Waals surface area contributed by atoms with E-state index in [1.165, 1.54) is 11.1 Å². The molecule has 1 heterocycles. The van der Waals surface area contributed by atoms with Gasteiger partial charge in [0.2, 0.25) is 5.91 Å². The molecule has 0 unspecified atom stereocenters. The Labute approximate surface area is 146 Å². The third kappa shape index (κ3) is 5.12. The Bertz CT molecular complexity index is 578. The number of benzene rings is 1. The highest BCUT2D eigenvalue weighted by molar-refractivity contribution is 5.76. The number of allylic oxidation sites excluding steroid dienone is 1. The zero-order chi connectivity index (χ0) is 17.7. The van der Waals surface area contributed by atoms with E-state index in [0.717, 1.165) is 32.4 Å². The largest absolute Gasteiger partial charge is 0.513 e. The number of nitrogens with zero attached hydrogens (tertiary/aromatic N) is 1. The van der Waals surface area contributed by atoms with Crippen molar-refractivity contribution in [2.24, 2.45) is 5.92 Å². The number of aliphatic hydroxyl groups is 1. The molecule has 0 saturated carbocycles. The molecule has 3 heteroatoms. The van der Waals surface area contributed by atoms with Crippen molar-refractivity contribution in [2.75, 3.05) is 13.1 Å². The lowest BCUT2D eigenvalue weighted by atomic mass is 9.80. The first-order valence-electron chi connectivity index (χ1n) is 9.00. The zero-order valence-electron chi connectivity index (χ0n) is 15.3. The number of carbonyl (C=O) groups excluding carboxylic acids is 1. The first-order valence-corrected chi connectivity index (χ1v) is 9.00. The van der Waals surface area contributed by atoms with Gasteiger partial charge in [-0.25, -0.2) is 0 Å². The van der Waals surface area contributed by atoms with Gasteiger partial charge >= 0.3 is 0 Å². The molecule has 0 aliphatic carbocycles. The number of hydrogen-bond donors (Lipinski definition) is 1. The van der Waals surface area contributed by atoms with Crippen LogP contribution in [0.3, 0.4) is 0 Å². The maximum absolute atomic E-state index is 12.1. The molecule has 1 aliphatic heterocycles. The number of amides is 1. The van der Waals surface area contributed by atoms with Gasteiger partial charge in [0, 0.05) is 25.9 Å². The van der Waals surface area contributed by atoms with Crippen molar-refractivity contribution in [2.45, 2.75) is 58.3 Å². The summed E-state index contributed by atoms with van der Waals surface area (Å²) in [5.74, 6) is 0.876. The van der Waals surface area contributed by atoms with Crippen molar-refractivity contribution in [3.63, 3.8) is 0 Å². The normalized spacial score (nSPS) is 16.2. The summed E-state index contributed by atoms with van der Waals surface area (Å²) in [5, 5.41) is 9.13. The predicted octanol–water partition coefficient (Wildman–Crippen LogP) is 4.62. The summed E-state index contributed by atoms with van der Waals surface area (Å²) in [4.78, 5) is 14.1. The molecule has 1 amide bonds. The number of hydrogen-bond acceptors (Lipinski definition) is 2. The molecule has 3 nitrogen and oxygen atoms in total. The average Bonchev–Trinajstić information content (AvgIpc) is 2.53. The zero-order valence-corrected chi connectivity index (χ0v) is 15.3. The van der Waals surface area contributed by atoms with Crippen molar-refractivity contribution in [3.05, 3.63) is 47.7 Å². The Morgan fingerprint density at radius 3 is 2.42 bits per heavy atom. The Morgan fingerprint density at radius 1 is 1.21 bits per heavy atom. The number of carbonyl (C=O) groups is 1. The third-order valence-corrected chi connectivity index (χ3v) is 4.93. The van der Waals surface area contributed by atoms with Crippen LogP contribution in [-0.2, 0) is 16.6 Å². The molecule has 132 valence electrons. The number of aliphatic hydroxyl groups excluding tert-OH is 1. The van der Waals surface area contributed by atoms with E-state index < -0.39 is 0 Å². The van der Waals surface area contributed by atoms with Crippen molar-refractivity contribution in [1.29, 1.82) is 0 Å². The van der Waals surface area contributed by atoms with Gasteiger partial charge in [-0.1, -0.05) is 51.6 Å². The van der Waals surface area contributed by atoms with E-state index in [9.17, 15) is 4.79 Å². The average molecular weight is 329 g/mol. The van der Waals surface area contributed by atoms with Crippen LogP contribution in [-0.4, -0.2) is 29.0 Å². The Hall–Kier alpha value is -1.77. The van der Waals surface area contributed by atoms with E-state index in [0.29, 0.717) is 18.8 Å². The third-order valence-electron chi connectivity index (χ3n) is 4.93. The number of likely N-dealkylation sites (tertiary alicyclic amines) is 1. The number of rotatable bonds is 5. The molecular weight excluding hydrogens is 298 g/mol. The Balaban J connectivity index is 1.90. The van der Waals surface area contributed by atoms with Crippen molar-refractivity contribution >= 4 is 5.91 Å². The van der Waals surface area contributed by atoms with Crippen molar-refractivity contribution in [1.82, 2.24) is 4.90 Å². The SMILES string of the molecule is C=C(O)CCC(=O)N1CCC(Cc2ccccc2C(C)(C)C)CC1. The van der Waals surface area contributed by atoms with Gasteiger partial charge < -0.3 is 10.0 Å². The molecule has 2 rings (SSSR count). The van der Waals surface area contributed by atoms with Gasteiger partial charge in [0.1, 0.15) is 0 Å². The fourth-order valence-corrected chi connectivity index (χ4v) is 3.54. The van der Waals surface area contributed by atoms with Crippen LogP contribution in [0.1, 0.15) is 57.6 Å². The Morgan fingerprint density at radius 2 is 1.83 bits per heavy atom. The molecular formula is C21H31NO2. The quantitative estimate of drug-likeness (QED) is 0.801. The first-order chi connectivity index (χ1) is 11.3. The molecule has 1 fully saturated rings. The number of piperidine rings is 1. The minimum Gasteiger partial charge on any atom is -0.513 e. The molecule has 0 radical (unpaired) electrons. The topological polar surface area (TPSA) is 40.5 Å². The van der Waals surface area contributed by atoms with Gasteiger partial charge in [0.25, 0.3) is 0 Å². The maximum atomic E-state index is 12.1. The summed E-state index contributed by atoms with van der Waals surface area (Å²) < 4.78 is 0. The van der Waals surface area contributed by atoms with Gasteiger partial charge in [-0.15, -0.1) is 0 Å². The lowest BCUT2D eigenvalue weighted by Gasteiger charge is -2.33.